The molecule has 1 heterocycles. The fourth-order valence-corrected chi connectivity index (χ4v) is 2.46. The van der Waals surface area contributed by atoms with Crippen LogP contribution in [-0.2, 0) is 0 Å². The molecule has 0 fully saturated rings. The molecule has 0 saturated carbocycles. The molecule has 0 aliphatic heterocycles. The Labute approximate surface area is 93.1 Å². The minimum Gasteiger partial charge on any atom is -0.375 e. The third-order valence-corrected chi connectivity index (χ3v) is 3.45. The smallest absolute Gasteiger partial charge is 0.181 e. The van der Waals surface area contributed by atoms with Crippen molar-refractivity contribution < 1.29 is 0 Å². The topological polar surface area (TPSA) is 64.9 Å². The lowest BCUT2D eigenvalue weighted by molar-refractivity contribution is 0.691. The van der Waals surface area contributed by atoms with Crippen LogP contribution in [0.15, 0.2) is 18.2 Å². The average molecular weight is 221 g/mol. The molecule has 1 aromatic heterocycles. The van der Waals surface area contributed by atoms with Crippen molar-refractivity contribution in [1.29, 1.82) is 0 Å². The van der Waals surface area contributed by atoms with Crippen LogP contribution in [0.5, 0.6) is 0 Å². The van der Waals surface area contributed by atoms with Crippen molar-refractivity contribution in [2.45, 2.75) is 19.3 Å². The molecule has 2 aromatic rings. The standard InChI is InChI=1S/C11H15N3S/c1-7(4-5-12)8-2-3-9-10(6-8)15-11(13)14-9/h2-3,6-7H,4-5,12H2,1H3,(H2,13,14). The highest BCUT2D eigenvalue weighted by Gasteiger charge is 2.07. The van der Waals surface area contributed by atoms with Crippen LogP contribution in [0.1, 0.15) is 24.8 Å². The van der Waals surface area contributed by atoms with Crippen molar-refractivity contribution in [2.24, 2.45) is 5.73 Å². The number of nitrogen functional groups attached to an aromatic ring is 1. The molecule has 2 rings (SSSR count). The van der Waals surface area contributed by atoms with Crippen LogP contribution in [0.4, 0.5) is 5.13 Å². The molecule has 1 unspecified atom stereocenters. The summed E-state index contributed by atoms with van der Waals surface area (Å²) in [7, 11) is 0. The van der Waals surface area contributed by atoms with Crippen LogP contribution in [0.25, 0.3) is 10.2 Å². The van der Waals surface area contributed by atoms with E-state index in [9.17, 15) is 0 Å². The monoisotopic (exact) mass is 221 g/mol. The van der Waals surface area contributed by atoms with Crippen molar-refractivity contribution in [1.82, 2.24) is 4.98 Å². The van der Waals surface area contributed by atoms with Crippen LogP contribution in [-0.4, -0.2) is 11.5 Å². The molecule has 0 spiro atoms. The van der Waals surface area contributed by atoms with E-state index in [-0.39, 0.29) is 0 Å². The molecule has 0 aliphatic carbocycles. The maximum Gasteiger partial charge on any atom is 0.181 e. The number of nitrogens with two attached hydrogens (primary N) is 2. The molecular weight excluding hydrogens is 206 g/mol. The van der Waals surface area contributed by atoms with Crippen molar-refractivity contribution in [3.63, 3.8) is 0 Å². The molecule has 1 aromatic carbocycles. The second-order valence-corrected chi connectivity index (χ2v) is 4.82. The summed E-state index contributed by atoms with van der Waals surface area (Å²) < 4.78 is 1.16. The predicted octanol–water partition coefficient (Wildman–Crippen LogP) is 2.33. The van der Waals surface area contributed by atoms with Crippen LogP contribution in [0.2, 0.25) is 0 Å². The van der Waals surface area contributed by atoms with E-state index < -0.39 is 0 Å². The molecule has 1 atom stereocenters. The second-order valence-electron chi connectivity index (χ2n) is 3.76. The molecule has 0 amide bonds. The average Bonchev–Trinajstić information content (AvgIpc) is 2.57. The Hall–Kier alpha value is -1.13. The molecule has 0 bridgehead atoms. The van der Waals surface area contributed by atoms with Crippen molar-refractivity contribution in [3.8, 4) is 0 Å². The van der Waals surface area contributed by atoms with Gasteiger partial charge in [0.15, 0.2) is 5.13 Å². The molecule has 4 N–H and O–H groups in total. The summed E-state index contributed by atoms with van der Waals surface area (Å²) in [5.41, 5.74) is 13.5. The van der Waals surface area contributed by atoms with Gasteiger partial charge in [0.05, 0.1) is 10.2 Å². The fourth-order valence-electron chi connectivity index (χ4n) is 1.68. The lowest BCUT2D eigenvalue weighted by atomic mass is 9.98. The lowest BCUT2D eigenvalue weighted by Crippen LogP contribution is -2.04. The summed E-state index contributed by atoms with van der Waals surface area (Å²) in [6.07, 6.45) is 1.01. The predicted molar refractivity (Wildman–Crippen MR) is 66.1 cm³/mol. The van der Waals surface area contributed by atoms with Crippen LogP contribution in [0.3, 0.4) is 0 Å². The van der Waals surface area contributed by atoms with Gasteiger partial charge < -0.3 is 11.5 Å². The molecule has 80 valence electrons. The lowest BCUT2D eigenvalue weighted by Gasteiger charge is -2.09. The van der Waals surface area contributed by atoms with E-state index in [1.165, 1.54) is 16.9 Å². The summed E-state index contributed by atoms with van der Waals surface area (Å²) in [5, 5.41) is 0.633. The molecule has 0 radical (unpaired) electrons. The normalized spacial score (nSPS) is 13.2. The second kappa shape index (κ2) is 4.16. The van der Waals surface area contributed by atoms with Gasteiger partial charge in [-0.15, -0.1) is 0 Å². The summed E-state index contributed by atoms with van der Waals surface area (Å²) in [5.74, 6) is 0.503. The zero-order valence-electron chi connectivity index (χ0n) is 8.73. The van der Waals surface area contributed by atoms with E-state index in [2.05, 4.69) is 24.0 Å². The van der Waals surface area contributed by atoms with Crippen molar-refractivity contribution in [2.75, 3.05) is 12.3 Å². The highest BCUT2D eigenvalue weighted by molar-refractivity contribution is 7.22. The Morgan fingerprint density at radius 2 is 2.27 bits per heavy atom. The van der Waals surface area contributed by atoms with Gasteiger partial charge in [-0.2, -0.15) is 0 Å². The molecule has 15 heavy (non-hydrogen) atoms. The van der Waals surface area contributed by atoms with E-state index in [1.807, 2.05) is 6.07 Å². The zero-order chi connectivity index (χ0) is 10.8. The SMILES string of the molecule is CC(CCN)c1ccc2nc(N)sc2c1. The van der Waals surface area contributed by atoms with Gasteiger partial charge in [0.2, 0.25) is 0 Å². The first-order valence-electron chi connectivity index (χ1n) is 5.06. The van der Waals surface area contributed by atoms with Crippen LogP contribution >= 0.6 is 11.3 Å². The van der Waals surface area contributed by atoms with Gasteiger partial charge in [-0.3, -0.25) is 0 Å². The van der Waals surface area contributed by atoms with Gasteiger partial charge in [0.1, 0.15) is 0 Å². The summed E-state index contributed by atoms with van der Waals surface area (Å²) in [4.78, 5) is 4.23. The number of anilines is 1. The zero-order valence-corrected chi connectivity index (χ0v) is 9.55. The summed E-state index contributed by atoms with van der Waals surface area (Å²) in [6, 6.07) is 6.32. The highest BCUT2D eigenvalue weighted by atomic mass is 32.1. The number of hydrogen-bond donors (Lipinski definition) is 2. The first-order chi connectivity index (χ1) is 7.20. The number of thiazole rings is 1. The van der Waals surface area contributed by atoms with Crippen LogP contribution in [0, 0.1) is 0 Å². The Kier molecular flexibility index (Phi) is 2.88. The molecule has 0 aliphatic rings. The van der Waals surface area contributed by atoms with E-state index in [1.54, 1.807) is 0 Å². The van der Waals surface area contributed by atoms with Gasteiger partial charge in [-0.05, 0) is 36.6 Å². The Bertz CT molecular complexity index is 464. The number of hydrogen-bond acceptors (Lipinski definition) is 4. The third kappa shape index (κ3) is 2.11. The number of nitrogens with zero attached hydrogens (tertiary/aromatic N) is 1. The number of fused-ring (bicyclic) bond motifs is 1. The van der Waals surface area contributed by atoms with Gasteiger partial charge in [0, 0.05) is 0 Å². The summed E-state index contributed by atoms with van der Waals surface area (Å²) >= 11 is 1.54. The summed E-state index contributed by atoms with van der Waals surface area (Å²) in [6.45, 7) is 2.92. The Morgan fingerprint density at radius 3 is 3.00 bits per heavy atom. The molecule has 0 saturated heterocycles. The third-order valence-electron chi connectivity index (χ3n) is 2.60. The van der Waals surface area contributed by atoms with Gasteiger partial charge >= 0.3 is 0 Å². The Balaban J connectivity index is 2.37. The maximum absolute atomic E-state index is 5.66. The minimum atomic E-state index is 0.503. The van der Waals surface area contributed by atoms with Crippen LogP contribution < -0.4 is 11.5 Å². The maximum atomic E-state index is 5.66. The van der Waals surface area contributed by atoms with E-state index in [0.29, 0.717) is 11.0 Å². The first kappa shape index (κ1) is 10.4. The number of benzene rings is 1. The van der Waals surface area contributed by atoms with E-state index >= 15 is 0 Å². The largest absolute Gasteiger partial charge is 0.375 e. The molecule has 4 heteroatoms. The highest BCUT2D eigenvalue weighted by Crippen LogP contribution is 2.28. The minimum absolute atomic E-state index is 0.503. The quantitative estimate of drug-likeness (QED) is 0.836. The van der Waals surface area contributed by atoms with Gasteiger partial charge in [0.25, 0.3) is 0 Å². The van der Waals surface area contributed by atoms with Gasteiger partial charge in [-0.25, -0.2) is 4.98 Å². The first-order valence-corrected chi connectivity index (χ1v) is 5.88. The Morgan fingerprint density at radius 1 is 1.47 bits per heavy atom. The van der Waals surface area contributed by atoms with E-state index in [4.69, 9.17) is 11.5 Å². The molecular formula is C11H15N3S. The van der Waals surface area contributed by atoms with Crippen molar-refractivity contribution in [3.05, 3.63) is 23.8 Å². The fraction of sp³-hybridized carbons (Fsp3) is 0.364. The number of rotatable bonds is 3. The number of aromatic nitrogens is 1. The van der Waals surface area contributed by atoms with E-state index in [0.717, 1.165) is 23.2 Å². The molecule has 3 nitrogen and oxygen atoms in total. The van der Waals surface area contributed by atoms with Crippen molar-refractivity contribution >= 4 is 26.7 Å². The van der Waals surface area contributed by atoms with Gasteiger partial charge in [-0.1, -0.05) is 24.3 Å².